The Morgan fingerprint density at radius 3 is 2.75 bits per heavy atom. The van der Waals surface area contributed by atoms with Crippen LogP contribution in [0.15, 0.2) is 10.5 Å². The van der Waals surface area contributed by atoms with Gasteiger partial charge in [0.15, 0.2) is 0 Å². The molecule has 0 radical (unpaired) electrons. The largest absolute Gasteiger partial charge is 0.328 e. The van der Waals surface area contributed by atoms with Crippen molar-refractivity contribution in [2.24, 2.45) is 5.73 Å². The molecule has 0 saturated carbocycles. The van der Waals surface area contributed by atoms with Crippen molar-refractivity contribution >= 4 is 27.3 Å². The van der Waals surface area contributed by atoms with Gasteiger partial charge in [0.05, 0.1) is 0 Å². The van der Waals surface area contributed by atoms with Crippen molar-refractivity contribution in [2.75, 3.05) is 0 Å². The van der Waals surface area contributed by atoms with Gasteiger partial charge in [-0.1, -0.05) is 6.92 Å². The quantitative estimate of drug-likeness (QED) is 0.874. The zero-order valence-corrected chi connectivity index (χ0v) is 9.83. The van der Waals surface area contributed by atoms with E-state index in [4.69, 9.17) is 5.73 Å². The molecular formula is C9H14BrNS. The zero-order chi connectivity index (χ0) is 9.14. The molecule has 1 aromatic heterocycles. The molecule has 0 aliphatic rings. The van der Waals surface area contributed by atoms with Crippen LogP contribution in [0.3, 0.4) is 0 Å². The van der Waals surface area contributed by atoms with E-state index in [1.807, 2.05) is 18.3 Å². The molecule has 68 valence electrons. The van der Waals surface area contributed by atoms with E-state index in [0.29, 0.717) is 0 Å². The van der Waals surface area contributed by atoms with Crippen LogP contribution in [-0.2, 0) is 12.8 Å². The summed E-state index contributed by atoms with van der Waals surface area (Å²) in [5.41, 5.74) is 5.72. The molecule has 0 aromatic carbocycles. The van der Waals surface area contributed by atoms with E-state index in [9.17, 15) is 0 Å². The Morgan fingerprint density at radius 2 is 2.33 bits per heavy atom. The molecule has 1 atom stereocenters. The average molecular weight is 248 g/mol. The molecule has 1 unspecified atom stereocenters. The average Bonchev–Trinajstić information content (AvgIpc) is 2.29. The Morgan fingerprint density at radius 1 is 1.67 bits per heavy atom. The molecule has 0 fully saturated rings. The van der Waals surface area contributed by atoms with Crippen molar-refractivity contribution in [3.63, 3.8) is 0 Å². The van der Waals surface area contributed by atoms with Crippen LogP contribution in [0.5, 0.6) is 0 Å². The number of rotatable bonds is 3. The molecule has 0 aliphatic carbocycles. The van der Waals surface area contributed by atoms with E-state index in [-0.39, 0.29) is 6.04 Å². The summed E-state index contributed by atoms with van der Waals surface area (Å²) >= 11 is 5.40. The van der Waals surface area contributed by atoms with Gasteiger partial charge in [-0.15, -0.1) is 11.3 Å². The molecule has 0 amide bonds. The first-order valence-electron chi connectivity index (χ1n) is 4.16. The van der Waals surface area contributed by atoms with E-state index in [0.717, 1.165) is 12.8 Å². The van der Waals surface area contributed by atoms with Crippen molar-refractivity contribution in [3.8, 4) is 0 Å². The standard InChI is InChI=1S/C9H14BrNS/c1-3-9-8(10)5-7(12-9)4-6(2)11/h5-6H,3-4,11H2,1-2H3. The summed E-state index contributed by atoms with van der Waals surface area (Å²) in [6, 6.07) is 2.45. The van der Waals surface area contributed by atoms with Gasteiger partial charge >= 0.3 is 0 Å². The minimum atomic E-state index is 0.264. The SMILES string of the molecule is CCc1sc(CC(C)N)cc1Br. The lowest BCUT2D eigenvalue weighted by atomic mass is 10.2. The third-order valence-electron chi connectivity index (χ3n) is 1.65. The highest BCUT2D eigenvalue weighted by Crippen LogP contribution is 2.28. The van der Waals surface area contributed by atoms with Crippen LogP contribution < -0.4 is 5.73 Å². The number of halogens is 1. The molecule has 1 aromatic rings. The first-order valence-corrected chi connectivity index (χ1v) is 5.77. The van der Waals surface area contributed by atoms with Gasteiger partial charge in [-0.05, 0) is 41.8 Å². The zero-order valence-electron chi connectivity index (χ0n) is 7.43. The minimum absolute atomic E-state index is 0.264. The van der Waals surface area contributed by atoms with Crippen LogP contribution in [0.25, 0.3) is 0 Å². The van der Waals surface area contributed by atoms with Crippen molar-refractivity contribution < 1.29 is 0 Å². The fraction of sp³-hybridized carbons (Fsp3) is 0.556. The molecular weight excluding hydrogens is 234 g/mol. The van der Waals surface area contributed by atoms with Gasteiger partial charge in [0, 0.05) is 20.3 Å². The maximum atomic E-state index is 5.72. The van der Waals surface area contributed by atoms with E-state index >= 15 is 0 Å². The lowest BCUT2D eigenvalue weighted by Gasteiger charge is -1.99. The molecule has 1 heterocycles. The number of nitrogens with two attached hydrogens (primary N) is 1. The molecule has 1 nitrogen and oxygen atoms in total. The lowest BCUT2D eigenvalue weighted by Crippen LogP contribution is -2.16. The summed E-state index contributed by atoms with van der Waals surface area (Å²) in [6.07, 6.45) is 2.09. The summed E-state index contributed by atoms with van der Waals surface area (Å²) in [7, 11) is 0. The Kier molecular flexibility index (Phi) is 3.75. The van der Waals surface area contributed by atoms with Gasteiger partial charge in [-0.3, -0.25) is 0 Å². The van der Waals surface area contributed by atoms with Crippen molar-refractivity contribution in [3.05, 3.63) is 20.3 Å². The third kappa shape index (κ3) is 2.57. The van der Waals surface area contributed by atoms with Crippen molar-refractivity contribution in [1.82, 2.24) is 0 Å². The molecule has 2 N–H and O–H groups in total. The Balaban J connectivity index is 2.75. The van der Waals surface area contributed by atoms with E-state index in [1.165, 1.54) is 14.2 Å². The summed E-state index contributed by atoms with van der Waals surface area (Å²) < 4.78 is 1.24. The van der Waals surface area contributed by atoms with Gasteiger partial charge < -0.3 is 5.73 Å². The third-order valence-corrected chi connectivity index (χ3v) is 3.92. The summed E-state index contributed by atoms with van der Waals surface area (Å²) in [6.45, 7) is 4.21. The van der Waals surface area contributed by atoms with Gasteiger partial charge in [0.25, 0.3) is 0 Å². The number of hydrogen-bond donors (Lipinski definition) is 1. The number of aryl methyl sites for hydroxylation is 1. The smallest absolute Gasteiger partial charge is 0.0317 e. The second-order valence-corrected chi connectivity index (χ2v) is 5.09. The highest BCUT2D eigenvalue weighted by atomic mass is 79.9. The first kappa shape index (κ1) is 10.2. The molecule has 3 heteroatoms. The minimum Gasteiger partial charge on any atom is -0.328 e. The monoisotopic (exact) mass is 247 g/mol. The normalized spacial score (nSPS) is 13.3. The Labute approximate surface area is 86.1 Å². The topological polar surface area (TPSA) is 26.0 Å². The van der Waals surface area contributed by atoms with E-state index in [1.54, 1.807) is 0 Å². The number of hydrogen-bond acceptors (Lipinski definition) is 2. The fourth-order valence-corrected chi connectivity index (χ4v) is 3.21. The van der Waals surface area contributed by atoms with Crippen molar-refractivity contribution in [1.29, 1.82) is 0 Å². The van der Waals surface area contributed by atoms with E-state index in [2.05, 4.69) is 28.9 Å². The summed E-state index contributed by atoms with van der Waals surface area (Å²) in [5.74, 6) is 0. The van der Waals surface area contributed by atoms with Crippen LogP contribution in [0, 0.1) is 0 Å². The van der Waals surface area contributed by atoms with Crippen LogP contribution in [0.1, 0.15) is 23.6 Å². The predicted molar refractivity (Wildman–Crippen MR) is 58.8 cm³/mol. The molecule has 0 spiro atoms. The van der Waals surface area contributed by atoms with Gasteiger partial charge in [-0.2, -0.15) is 0 Å². The van der Waals surface area contributed by atoms with Crippen LogP contribution in [0.4, 0.5) is 0 Å². The molecule has 0 saturated heterocycles. The first-order chi connectivity index (χ1) is 5.63. The molecule has 1 rings (SSSR count). The molecule has 12 heavy (non-hydrogen) atoms. The lowest BCUT2D eigenvalue weighted by molar-refractivity contribution is 0.746. The predicted octanol–water partition coefficient (Wildman–Crippen LogP) is 2.96. The number of thiophene rings is 1. The van der Waals surface area contributed by atoms with Gasteiger partial charge in [0.2, 0.25) is 0 Å². The van der Waals surface area contributed by atoms with Crippen molar-refractivity contribution in [2.45, 2.75) is 32.7 Å². The Bertz CT molecular complexity index is 255. The summed E-state index contributed by atoms with van der Waals surface area (Å²) in [5, 5.41) is 0. The van der Waals surface area contributed by atoms with Gasteiger partial charge in [-0.25, -0.2) is 0 Å². The van der Waals surface area contributed by atoms with Crippen LogP contribution >= 0.6 is 27.3 Å². The Hall–Kier alpha value is 0.140. The molecule has 0 bridgehead atoms. The second-order valence-electron chi connectivity index (χ2n) is 3.02. The highest BCUT2D eigenvalue weighted by molar-refractivity contribution is 9.10. The maximum absolute atomic E-state index is 5.72. The summed E-state index contributed by atoms with van der Waals surface area (Å²) in [4.78, 5) is 2.80. The highest BCUT2D eigenvalue weighted by Gasteiger charge is 2.06. The van der Waals surface area contributed by atoms with Gasteiger partial charge in [0.1, 0.15) is 0 Å². The van der Waals surface area contributed by atoms with E-state index < -0.39 is 0 Å². The van der Waals surface area contributed by atoms with Crippen LogP contribution in [-0.4, -0.2) is 6.04 Å². The van der Waals surface area contributed by atoms with Crippen LogP contribution in [0.2, 0.25) is 0 Å². The fourth-order valence-electron chi connectivity index (χ4n) is 1.12. The maximum Gasteiger partial charge on any atom is 0.0317 e. The molecule has 0 aliphatic heterocycles. The second kappa shape index (κ2) is 4.40.